The summed E-state index contributed by atoms with van der Waals surface area (Å²) in [7, 11) is 0. The van der Waals surface area contributed by atoms with Crippen LogP contribution < -0.4 is 5.32 Å². The fraction of sp³-hybridized carbons (Fsp3) is 0.846. The third-order valence-electron chi connectivity index (χ3n) is 3.06. The SMILES string of the molecule is CC(=O)C(=O)C(CC1CCC1)NC(C)(C)C. The maximum Gasteiger partial charge on any atom is 0.214 e. The summed E-state index contributed by atoms with van der Waals surface area (Å²) in [6.07, 6.45) is 4.48. The van der Waals surface area contributed by atoms with Gasteiger partial charge in [0.2, 0.25) is 5.78 Å². The first-order valence-electron chi connectivity index (χ1n) is 6.12. The summed E-state index contributed by atoms with van der Waals surface area (Å²) in [5, 5.41) is 3.27. The minimum atomic E-state index is -0.332. The van der Waals surface area contributed by atoms with Gasteiger partial charge in [0, 0.05) is 12.5 Å². The highest BCUT2D eigenvalue weighted by Gasteiger charge is 2.30. The molecule has 1 unspecified atom stereocenters. The summed E-state index contributed by atoms with van der Waals surface area (Å²) >= 11 is 0. The first kappa shape index (κ1) is 13.4. The largest absolute Gasteiger partial charge is 0.302 e. The number of carbonyl (C=O) groups excluding carboxylic acids is 2. The fourth-order valence-electron chi connectivity index (χ4n) is 2.06. The van der Waals surface area contributed by atoms with E-state index in [4.69, 9.17) is 0 Å². The quantitative estimate of drug-likeness (QED) is 0.729. The van der Waals surface area contributed by atoms with Crippen LogP contribution in [0.1, 0.15) is 53.4 Å². The number of hydrogen-bond acceptors (Lipinski definition) is 3. The highest BCUT2D eigenvalue weighted by atomic mass is 16.2. The Labute approximate surface area is 98.0 Å². The molecule has 0 aromatic rings. The minimum Gasteiger partial charge on any atom is -0.302 e. The molecule has 0 aromatic heterocycles. The summed E-state index contributed by atoms with van der Waals surface area (Å²) in [6.45, 7) is 7.43. The van der Waals surface area contributed by atoms with Crippen LogP contribution in [-0.4, -0.2) is 23.1 Å². The van der Waals surface area contributed by atoms with Gasteiger partial charge >= 0.3 is 0 Å². The van der Waals surface area contributed by atoms with E-state index < -0.39 is 0 Å². The molecular formula is C13H23NO2. The van der Waals surface area contributed by atoms with Gasteiger partial charge in [0.25, 0.3) is 0 Å². The second kappa shape index (κ2) is 5.09. The predicted molar refractivity (Wildman–Crippen MR) is 64.3 cm³/mol. The van der Waals surface area contributed by atoms with E-state index in [9.17, 15) is 9.59 Å². The van der Waals surface area contributed by atoms with Gasteiger partial charge in [0.05, 0.1) is 6.04 Å². The molecule has 3 nitrogen and oxygen atoms in total. The van der Waals surface area contributed by atoms with E-state index in [1.165, 1.54) is 26.2 Å². The predicted octanol–water partition coefficient (Wildman–Crippen LogP) is 2.09. The van der Waals surface area contributed by atoms with Gasteiger partial charge in [-0.1, -0.05) is 19.3 Å². The molecule has 0 aromatic carbocycles. The highest BCUT2D eigenvalue weighted by Crippen LogP contribution is 2.31. The number of ketones is 2. The Morgan fingerprint density at radius 2 is 1.88 bits per heavy atom. The zero-order chi connectivity index (χ0) is 12.3. The Kier molecular flexibility index (Phi) is 4.25. The molecule has 16 heavy (non-hydrogen) atoms. The first-order valence-corrected chi connectivity index (χ1v) is 6.12. The normalized spacial score (nSPS) is 19.0. The van der Waals surface area contributed by atoms with Crippen LogP contribution in [0, 0.1) is 5.92 Å². The van der Waals surface area contributed by atoms with Crippen LogP contribution in [0.5, 0.6) is 0 Å². The van der Waals surface area contributed by atoms with Gasteiger partial charge in [-0.15, -0.1) is 0 Å². The molecule has 1 saturated carbocycles. The lowest BCUT2D eigenvalue weighted by Gasteiger charge is -2.33. The summed E-state index contributed by atoms with van der Waals surface area (Å²) in [5.74, 6) is 0.0334. The molecule has 0 radical (unpaired) electrons. The fourth-order valence-corrected chi connectivity index (χ4v) is 2.06. The number of rotatable bonds is 5. The number of Topliss-reactive ketones (excluding diaryl/α,β-unsaturated/α-hetero) is 2. The van der Waals surface area contributed by atoms with E-state index in [0.717, 1.165) is 6.42 Å². The van der Waals surface area contributed by atoms with Crippen LogP contribution in [0.15, 0.2) is 0 Å². The van der Waals surface area contributed by atoms with E-state index >= 15 is 0 Å². The Morgan fingerprint density at radius 1 is 1.31 bits per heavy atom. The van der Waals surface area contributed by atoms with Crippen molar-refractivity contribution in [2.24, 2.45) is 5.92 Å². The van der Waals surface area contributed by atoms with Crippen molar-refractivity contribution in [3.8, 4) is 0 Å². The van der Waals surface area contributed by atoms with Crippen molar-refractivity contribution in [1.82, 2.24) is 5.32 Å². The van der Waals surface area contributed by atoms with E-state index in [-0.39, 0.29) is 23.1 Å². The number of nitrogens with one attached hydrogen (secondary N) is 1. The molecule has 0 amide bonds. The smallest absolute Gasteiger partial charge is 0.214 e. The third-order valence-corrected chi connectivity index (χ3v) is 3.06. The van der Waals surface area contributed by atoms with Gasteiger partial charge in [-0.05, 0) is 33.1 Å². The van der Waals surface area contributed by atoms with Crippen LogP contribution in [0.2, 0.25) is 0 Å². The molecule has 1 fully saturated rings. The van der Waals surface area contributed by atoms with Crippen LogP contribution in [0.4, 0.5) is 0 Å². The molecular weight excluding hydrogens is 202 g/mol. The molecule has 1 atom stereocenters. The average Bonchev–Trinajstić information content (AvgIpc) is 2.05. The Hall–Kier alpha value is -0.700. The van der Waals surface area contributed by atoms with E-state index in [0.29, 0.717) is 5.92 Å². The molecule has 1 aliphatic rings. The Morgan fingerprint density at radius 3 is 2.19 bits per heavy atom. The first-order chi connectivity index (χ1) is 7.29. The summed E-state index contributed by atoms with van der Waals surface area (Å²) in [6, 6.07) is -0.289. The second-order valence-electron chi connectivity index (χ2n) is 5.90. The molecule has 1 rings (SSSR count). The second-order valence-corrected chi connectivity index (χ2v) is 5.90. The lowest BCUT2D eigenvalue weighted by Crippen LogP contribution is -2.50. The van der Waals surface area contributed by atoms with Crippen molar-refractivity contribution in [2.75, 3.05) is 0 Å². The van der Waals surface area contributed by atoms with Crippen LogP contribution in [0.3, 0.4) is 0 Å². The van der Waals surface area contributed by atoms with Gasteiger partial charge < -0.3 is 5.32 Å². The average molecular weight is 225 g/mol. The van der Waals surface area contributed by atoms with Crippen molar-refractivity contribution in [3.05, 3.63) is 0 Å². The van der Waals surface area contributed by atoms with Crippen molar-refractivity contribution < 1.29 is 9.59 Å². The minimum absolute atomic E-state index is 0.125. The molecule has 92 valence electrons. The topological polar surface area (TPSA) is 46.2 Å². The van der Waals surface area contributed by atoms with Crippen LogP contribution >= 0.6 is 0 Å². The monoisotopic (exact) mass is 225 g/mol. The summed E-state index contributed by atoms with van der Waals surface area (Å²) in [4.78, 5) is 23.0. The third kappa shape index (κ3) is 4.05. The molecule has 0 saturated heterocycles. The van der Waals surface area contributed by atoms with Gasteiger partial charge in [-0.25, -0.2) is 0 Å². The molecule has 3 heteroatoms. The Bertz CT molecular complexity index is 274. The maximum atomic E-state index is 11.8. The van der Waals surface area contributed by atoms with Gasteiger partial charge in [0.15, 0.2) is 5.78 Å². The highest BCUT2D eigenvalue weighted by molar-refractivity contribution is 6.38. The summed E-state index contributed by atoms with van der Waals surface area (Å²) in [5.41, 5.74) is -0.125. The lowest BCUT2D eigenvalue weighted by atomic mass is 9.79. The zero-order valence-electron chi connectivity index (χ0n) is 10.8. The number of carbonyl (C=O) groups is 2. The van der Waals surface area contributed by atoms with Crippen molar-refractivity contribution in [1.29, 1.82) is 0 Å². The molecule has 0 aliphatic heterocycles. The standard InChI is InChI=1S/C13H23NO2/c1-9(15)12(16)11(14-13(2,3)4)8-10-6-5-7-10/h10-11,14H,5-8H2,1-4H3. The molecule has 0 spiro atoms. The Balaban J connectivity index is 2.60. The summed E-state index contributed by atoms with van der Waals surface area (Å²) < 4.78 is 0. The van der Waals surface area contributed by atoms with Gasteiger partial charge in [-0.2, -0.15) is 0 Å². The van der Waals surface area contributed by atoms with E-state index in [1.54, 1.807) is 0 Å². The van der Waals surface area contributed by atoms with Crippen LogP contribution in [-0.2, 0) is 9.59 Å². The number of hydrogen-bond donors (Lipinski definition) is 1. The maximum absolute atomic E-state index is 11.8. The van der Waals surface area contributed by atoms with Gasteiger partial charge in [0.1, 0.15) is 0 Å². The molecule has 1 aliphatic carbocycles. The van der Waals surface area contributed by atoms with E-state index in [2.05, 4.69) is 5.32 Å². The van der Waals surface area contributed by atoms with Gasteiger partial charge in [-0.3, -0.25) is 9.59 Å². The lowest BCUT2D eigenvalue weighted by molar-refractivity contribution is -0.137. The van der Waals surface area contributed by atoms with E-state index in [1.807, 2.05) is 20.8 Å². The van der Waals surface area contributed by atoms with Crippen molar-refractivity contribution in [3.63, 3.8) is 0 Å². The molecule has 1 N–H and O–H groups in total. The van der Waals surface area contributed by atoms with Crippen molar-refractivity contribution >= 4 is 11.6 Å². The molecule has 0 heterocycles. The van der Waals surface area contributed by atoms with Crippen molar-refractivity contribution in [2.45, 2.75) is 65.0 Å². The zero-order valence-corrected chi connectivity index (χ0v) is 10.8. The molecule has 0 bridgehead atoms. The van der Waals surface area contributed by atoms with Crippen LogP contribution in [0.25, 0.3) is 0 Å².